The second-order valence-electron chi connectivity index (χ2n) is 5.27. The zero-order chi connectivity index (χ0) is 18.4. The van der Waals surface area contributed by atoms with Crippen LogP contribution in [-0.4, -0.2) is 23.0 Å². The molecule has 0 heterocycles. The second-order valence-corrected chi connectivity index (χ2v) is 5.27. The molecule has 0 unspecified atom stereocenters. The third-order valence-electron chi connectivity index (χ3n) is 3.39. The van der Waals surface area contributed by atoms with E-state index in [0.29, 0.717) is 11.3 Å². The van der Waals surface area contributed by atoms with Gasteiger partial charge in [0.25, 0.3) is 5.69 Å². The fourth-order valence-electron chi connectivity index (χ4n) is 2.12. The average molecular weight is 340 g/mol. The van der Waals surface area contributed by atoms with Gasteiger partial charge in [-0.2, -0.15) is 5.10 Å². The molecule has 2 amide bonds. The van der Waals surface area contributed by atoms with Crippen LogP contribution in [0.3, 0.4) is 0 Å². The van der Waals surface area contributed by atoms with E-state index in [4.69, 9.17) is 0 Å². The van der Waals surface area contributed by atoms with Crippen molar-refractivity contribution >= 4 is 29.4 Å². The molecule has 2 aromatic rings. The van der Waals surface area contributed by atoms with Crippen molar-refractivity contribution in [3.63, 3.8) is 0 Å². The Hall–Kier alpha value is -3.55. The number of benzene rings is 2. The summed E-state index contributed by atoms with van der Waals surface area (Å²) in [7, 11) is 0. The number of nitrogens with one attached hydrogen (secondary N) is 2. The fraction of sp³-hybridized carbons (Fsp3) is 0.118. The predicted molar refractivity (Wildman–Crippen MR) is 93.4 cm³/mol. The van der Waals surface area contributed by atoms with Gasteiger partial charge in [-0.25, -0.2) is 5.43 Å². The number of nitrogens with zero attached hydrogens (tertiary/aromatic N) is 2. The Kier molecular flexibility index (Phi) is 5.57. The number of para-hydroxylation sites is 1. The minimum atomic E-state index is -0.940. The summed E-state index contributed by atoms with van der Waals surface area (Å²) < 4.78 is 0. The molecule has 0 bridgehead atoms. The highest BCUT2D eigenvalue weighted by molar-refractivity contribution is 6.39. The largest absolute Gasteiger partial charge is 0.329 e. The van der Waals surface area contributed by atoms with Crippen LogP contribution in [0, 0.1) is 24.0 Å². The number of nitro benzene ring substituents is 1. The molecule has 0 aromatic heterocycles. The number of hydrazone groups is 1. The lowest BCUT2D eigenvalue weighted by Gasteiger charge is -2.10. The van der Waals surface area contributed by atoms with Crippen LogP contribution < -0.4 is 10.7 Å². The van der Waals surface area contributed by atoms with E-state index in [1.807, 2.05) is 32.0 Å². The predicted octanol–water partition coefficient (Wildman–Crippen LogP) is 2.30. The maximum atomic E-state index is 11.9. The first-order valence-electron chi connectivity index (χ1n) is 7.33. The molecule has 0 saturated carbocycles. The average Bonchev–Trinajstić information content (AvgIpc) is 2.58. The highest BCUT2D eigenvalue weighted by Crippen LogP contribution is 2.19. The standard InChI is InChI=1S/C17H16N4O4/c1-11-5-3-6-12(2)15(11)19-16(22)17(23)20-18-10-13-7-4-8-14(9-13)21(24)25/h3-10H,1-2H3,(H,19,22)(H,20,23)/b18-10-. The first-order chi connectivity index (χ1) is 11.9. The molecule has 0 spiro atoms. The van der Waals surface area contributed by atoms with E-state index in [2.05, 4.69) is 15.8 Å². The van der Waals surface area contributed by atoms with Gasteiger partial charge >= 0.3 is 11.8 Å². The summed E-state index contributed by atoms with van der Waals surface area (Å²) in [5.41, 5.74) is 4.66. The normalized spacial score (nSPS) is 10.5. The van der Waals surface area contributed by atoms with Gasteiger partial charge in [0, 0.05) is 23.4 Å². The van der Waals surface area contributed by atoms with Crippen LogP contribution >= 0.6 is 0 Å². The maximum Gasteiger partial charge on any atom is 0.329 e. The number of aryl methyl sites for hydroxylation is 2. The minimum absolute atomic E-state index is 0.0944. The molecule has 0 aliphatic rings. The SMILES string of the molecule is Cc1cccc(C)c1NC(=O)C(=O)N/N=C\c1cccc([N+](=O)[O-])c1. The van der Waals surface area contributed by atoms with Crippen molar-refractivity contribution in [3.8, 4) is 0 Å². The Balaban J connectivity index is 1.99. The van der Waals surface area contributed by atoms with E-state index < -0.39 is 16.7 Å². The fourth-order valence-corrected chi connectivity index (χ4v) is 2.12. The molecular formula is C17H16N4O4. The van der Waals surface area contributed by atoms with Crippen LogP contribution in [0.15, 0.2) is 47.6 Å². The van der Waals surface area contributed by atoms with E-state index in [-0.39, 0.29) is 5.69 Å². The number of carbonyl (C=O) groups is 2. The Morgan fingerprint density at radius 2 is 1.72 bits per heavy atom. The van der Waals surface area contributed by atoms with Crippen molar-refractivity contribution in [3.05, 3.63) is 69.3 Å². The summed E-state index contributed by atoms with van der Waals surface area (Å²) in [4.78, 5) is 33.9. The number of nitro groups is 1. The molecule has 25 heavy (non-hydrogen) atoms. The smallest absolute Gasteiger partial charge is 0.317 e. The molecule has 8 nitrogen and oxygen atoms in total. The summed E-state index contributed by atoms with van der Waals surface area (Å²) in [6, 6.07) is 11.2. The van der Waals surface area contributed by atoms with Crippen molar-refractivity contribution in [2.24, 2.45) is 5.10 Å². The Morgan fingerprint density at radius 1 is 1.08 bits per heavy atom. The molecule has 8 heteroatoms. The first kappa shape index (κ1) is 17.8. The number of hydrogen-bond acceptors (Lipinski definition) is 5. The number of carbonyl (C=O) groups excluding carboxylic acids is 2. The molecule has 2 N–H and O–H groups in total. The lowest BCUT2D eigenvalue weighted by Crippen LogP contribution is -2.32. The second kappa shape index (κ2) is 7.82. The van der Waals surface area contributed by atoms with E-state index in [0.717, 1.165) is 11.1 Å². The molecule has 0 aliphatic carbocycles. The van der Waals surface area contributed by atoms with Crippen molar-refractivity contribution in [2.75, 3.05) is 5.32 Å². The summed E-state index contributed by atoms with van der Waals surface area (Å²) in [5, 5.41) is 16.9. The number of non-ortho nitro benzene ring substituents is 1. The maximum absolute atomic E-state index is 11.9. The van der Waals surface area contributed by atoms with E-state index in [9.17, 15) is 19.7 Å². The molecule has 0 fully saturated rings. The van der Waals surface area contributed by atoms with Crippen LogP contribution in [0.25, 0.3) is 0 Å². The highest BCUT2D eigenvalue weighted by Gasteiger charge is 2.15. The highest BCUT2D eigenvalue weighted by atomic mass is 16.6. The van der Waals surface area contributed by atoms with Gasteiger partial charge < -0.3 is 5.32 Å². The summed E-state index contributed by atoms with van der Waals surface area (Å²) >= 11 is 0. The van der Waals surface area contributed by atoms with E-state index >= 15 is 0 Å². The van der Waals surface area contributed by atoms with Crippen LogP contribution in [0.4, 0.5) is 11.4 Å². The molecule has 0 radical (unpaired) electrons. The number of anilines is 1. The van der Waals surface area contributed by atoms with Gasteiger partial charge in [0.1, 0.15) is 0 Å². The lowest BCUT2D eigenvalue weighted by molar-refractivity contribution is -0.384. The van der Waals surface area contributed by atoms with E-state index in [1.54, 1.807) is 6.07 Å². The van der Waals surface area contributed by atoms with E-state index in [1.165, 1.54) is 24.4 Å². The monoisotopic (exact) mass is 340 g/mol. The van der Waals surface area contributed by atoms with Gasteiger partial charge in [0.05, 0.1) is 11.1 Å². The third-order valence-corrected chi connectivity index (χ3v) is 3.39. The molecule has 2 rings (SSSR count). The van der Waals surface area contributed by atoms with Gasteiger partial charge in [0.15, 0.2) is 0 Å². The Morgan fingerprint density at radius 3 is 2.36 bits per heavy atom. The number of hydrogen-bond donors (Lipinski definition) is 2. The lowest BCUT2D eigenvalue weighted by atomic mass is 10.1. The topological polar surface area (TPSA) is 114 Å². The summed E-state index contributed by atoms with van der Waals surface area (Å²) in [6.45, 7) is 3.64. The van der Waals surface area contributed by atoms with Crippen molar-refractivity contribution in [1.29, 1.82) is 0 Å². The van der Waals surface area contributed by atoms with Crippen molar-refractivity contribution in [1.82, 2.24) is 5.43 Å². The zero-order valence-corrected chi connectivity index (χ0v) is 13.6. The third kappa shape index (κ3) is 4.71. The molecule has 2 aromatic carbocycles. The van der Waals surface area contributed by atoms with Gasteiger partial charge in [-0.1, -0.05) is 30.3 Å². The van der Waals surface area contributed by atoms with Crippen LogP contribution in [-0.2, 0) is 9.59 Å². The molecular weight excluding hydrogens is 324 g/mol. The molecule has 0 saturated heterocycles. The first-order valence-corrected chi connectivity index (χ1v) is 7.33. The number of amides is 2. The zero-order valence-electron chi connectivity index (χ0n) is 13.6. The van der Waals surface area contributed by atoms with Gasteiger partial charge in [0.2, 0.25) is 0 Å². The molecule has 128 valence electrons. The van der Waals surface area contributed by atoms with Crippen molar-refractivity contribution in [2.45, 2.75) is 13.8 Å². The Labute approximate surface area is 143 Å². The molecule has 0 atom stereocenters. The van der Waals surface area contributed by atoms with Gasteiger partial charge in [-0.15, -0.1) is 0 Å². The van der Waals surface area contributed by atoms with Crippen LogP contribution in [0.1, 0.15) is 16.7 Å². The summed E-state index contributed by atoms with van der Waals surface area (Å²) in [6.07, 6.45) is 1.22. The van der Waals surface area contributed by atoms with Crippen LogP contribution in [0.5, 0.6) is 0 Å². The Bertz CT molecular complexity index is 841. The van der Waals surface area contributed by atoms with Gasteiger partial charge in [-0.3, -0.25) is 19.7 Å². The van der Waals surface area contributed by atoms with Crippen LogP contribution in [0.2, 0.25) is 0 Å². The number of rotatable bonds is 4. The minimum Gasteiger partial charge on any atom is -0.317 e. The van der Waals surface area contributed by atoms with Crippen molar-refractivity contribution < 1.29 is 14.5 Å². The van der Waals surface area contributed by atoms with Gasteiger partial charge in [-0.05, 0) is 25.0 Å². The quantitative estimate of drug-likeness (QED) is 0.385. The summed E-state index contributed by atoms with van der Waals surface area (Å²) in [5.74, 6) is -1.79. The molecule has 0 aliphatic heterocycles.